The Kier molecular flexibility index (Phi) is 2.98. The van der Waals surface area contributed by atoms with E-state index in [1.165, 1.54) is 12.1 Å². The molecule has 0 radical (unpaired) electrons. The molecule has 1 nitrogen and oxygen atoms in total. The number of benzene rings is 1. The van der Waals surface area contributed by atoms with E-state index >= 15 is 0 Å². The Hall–Kier alpha value is -0.960. The molecule has 0 saturated carbocycles. The molecule has 1 N–H and O–H groups in total. The van der Waals surface area contributed by atoms with Gasteiger partial charge < -0.3 is 5.11 Å². The molecule has 0 saturated heterocycles. The van der Waals surface area contributed by atoms with Crippen molar-refractivity contribution in [2.45, 2.75) is 26.4 Å². The summed E-state index contributed by atoms with van der Waals surface area (Å²) in [5.41, 5.74) is 0.344. The van der Waals surface area contributed by atoms with Gasteiger partial charge in [0.2, 0.25) is 0 Å². The fourth-order valence-corrected chi connectivity index (χ4v) is 1.28. The second kappa shape index (κ2) is 3.83. The van der Waals surface area contributed by atoms with E-state index in [0.29, 0.717) is 0 Å². The van der Waals surface area contributed by atoms with Crippen LogP contribution < -0.4 is 0 Å². The average molecular weight is 186 g/mol. The van der Waals surface area contributed by atoms with E-state index in [1.807, 2.05) is 0 Å². The van der Waals surface area contributed by atoms with Gasteiger partial charge >= 0.3 is 0 Å². The minimum Gasteiger partial charge on any atom is -0.392 e. The minimum absolute atomic E-state index is 0.0807. The zero-order chi connectivity index (χ0) is 10.0. The smallest absolute Gasteiger partial charge is 0.129 e. The first-order chi connectivity index (χ1) is 6.06. The molecule has 0 spiro atoms. The standard InChI is InChI=1S/C10H12F2O/c1-6(2)10-8(11)3-7(5-13)4-9(10)12/h3-4,6,13H,5H2,1-2H3. The molecular formula is C10H12F2O. The Morgan fingerprint density at radius 1 is 1.23 bits per heavy atom. The molecule has 1 aromatic carbocycles. The molecule has 0 aliphatic rings. The lowest BCUT2D eigenvalue weighted by molar-refractivity contribution is 0.280. The SMILES string of the molecule is CC(C)c1c(F)cc(CO)cc1F. The summed E-state index contributed by atoms with van der Waals surface area (Å²) in [7, 11) is 0. The van der Waals surface area contributed by atoms with Crippen molar-refractivity contribution in [3.05, 3.63) is 34.9 Å². The van der Waals surface area contributed by atoms with Crippen molar-refractivity contribution >= 4 is 0 Å². The molecular weight excluding hydrogens is 174 g/mol. The second-order valence-electron chi connectivity index (χ2n) is 3.29. The summed E-state index contributed by atoms with van der Waals surface area (Å²) in [4.78, 5) is 0. The van der Waals surface area contributed by atoms with Gasteiger partial charge in [-0.2, -0.15) is 0 Å². The molecule has 0 heterocycles. The Bertz CT molecular complexity index is 285. The normalized spacial score (nSPS) is 10.9. The van der Waals surface area contributed by atoms with E-state index in [4.69, 9.17) is 5.11 Å². The summed E-state index contributed by atoms with van der Waals surface area (Å²) in [6.45, 7) is 3.10. The van der Waals surface area contributed by atoms with Gasteiger partial charge in [0.25, 0.3) is 0 Å². The molecule has 3 heteroatoms. The van der Waals surface area contributed by atoms with Crippen LogP contribution in [0.25, 0.3) is 0 Å². The van der Waals surface area contributed by atoms with E-state index in [9.17, 15) is 8.78 Å². The predicted molar refractivity (Wildman–Crippen MR) is 46.4 cm³/mol. The number of hydrogen-bond donors (Lipinski definition) is 1. The lowest BCUT2D eigenvalue weighted by Gasteiger charge is -2.09. The van der Waals surface area contributed by atoms with Crippen molar-refractivity contribution in [3.8, 4) is 0 Å². The first-order valence-electron chi connectivity index (χ1n) is 4.15. The molecule has 13 heavy (non-hydrogen) atoms. The van der Waals surface area contributed by atoms with Crippen LogP contribution in [0.5, 0.6) is 0 Å². The lowest BCUT2D eigenvalue weighted by atomic mass is 10.0. The highest BCUT2D eigenvalue weighted by Gasteiger charge is 2.13. The van der Waals surface area contributed by atoms with Crippen molar-refractivity contribution < 1.29 is 13.9 Å². The molecule has 0 aliphatic heterocycles. The van der Waals surface area contributed by atoms with E-state index in [0.717, 1.165) is 0 Å². The van der Waals surface area contributed by atoms with Crippen LogP contribution in [0, 0.1) is 11.6 Å². The maximum Gasteiger partial charge on any atom is 0.129 e. The number of aliphatic hydroxyl groups is 1. The van der Waals surface area contributed by atoms with Crippen LogP contribution in [0.2, 0.25) is 0 Å². The van der Waals surface area contributed by atoms with Crippen molar-refractivity contribution in [3.63, 3.8) is 0 Å². The highest BCUT2D eigenvalue weighted by atomic mass is 19.1. The summed E-state index contributed by atoms with van der Waals surface area (Å²) < 4.78 is 26.4. The zero-order valence-electron chi connectivity index (χ0n) is 7.64. The molecule has 1 aromatic rings. The van der Waals surface area contributed by atoms with Crippen molar-refractivity contribution in [2.75, 3.05) is 0 Å². The van der Waals surface area contributed by atoms with E-state index in [-0.39, 0.29) is 23.7 Å². The van der Waals surface area contributed by atoms with Gasteiger partial charge in [-0.25, -0.2) is 8.78 Å². The van der Waals surface area contributed by atoms with Crippen molar-refractivity contribution in [2.24, 2.45) is 0 Å². The third-order valence-corrected chi connectivity index (χ3v) is 1.90. The Morgan fingerprint density at radius 3 is 2.00 bits per heavy atom. The largest absolute Gasteiger partial charge is 0.392 e. The average Bonchev–Trinajstić information content (AvgIpc) is 2.02. The summed E-state index contributed by atoms with van der Waals surface area (Å²) >= 11 is 0. The van der Waals surface area contributed by atoms with Gasteiger partial charge in [0, 0.05) is 5.56 Å². The fourth-order valence-electron chi connectivity index (χ4n) is 1.28. The third kappa shape index (κ3) is 2.04. The van der Waals surface area contributed by atoms with Gasteiger partial charge in [0.1, 0.15) is 11.6 Å². The van der Waals surface area contributed by atoms with Crippen LogP contribution in [-0.4, -0.2) is 5.11 Å². The van der Waals surface area contributed by atoms with Gasteiger partial charge in [-0.05, 0) is 23.6 Å². The van der Waals surface area contributed by atoms with Gasteiger partial charge in [0.15, 0.2) is 0 Å². The number of rotatable bonds is 2. The van der Waals surface area contributed by atoms with Crippen LogP contribution in [0.4, 0.5) is 8.78 Å². The number of hydrogen-bond acceptors (Lipinski definition) is 1. The van der Waals surface area contributed by atoms with E-state index in [1.54, 1.807) is 13.8 Å². The highest BCUT2D eigenvalue weighted by molar-refractivity contribution is 5.28. The van der Waals surface area contributed by atoms with Crippen LogP contribution in [0.3, 0.4) is 0 Å². The van der Waals surface area contributed by atoms with Gasteiger partial charge in [0.05, 0.1) is 6.61 Å². The molecule has 0 aliphatic carbocycles. The molecule has 1 rings (SSSR count). The van der Waals surface area contributed by atoms with Gasteiger partial charge in [-0.1, -0.05) is 13.8 Å². The van der Waals surface area contributed by atoms with Crippen molar-refractivity contribution in [1.29, 1.82) is 0 Å². The Balaban J connectivity index is 3.23. The van der Waals surface area contributed by atoms with E-state index in [2.05, 4.69) is 0 Å². The number of aliphatic hydroxyl groups excluding tert-OH is 1. The molecule has 0 aromatic heterocycles. The first kappa shape index (κ1) is 10.1. The predicted octanol–water partition coefficient (Wildman–Crippen LogP) is 2.58. The molecule has 0 fully saturated rings. The summed E-state index contributed by atoms with van der Waals surface area (Å²) in [5.74, 6) is -1.36. The highest BCUT2D eigenvalue weighted by Crippen LogP contribution is 2.23. The summed E-state index contributed by atoms with van der Waals surface area (Å²) in [6.07, 6.45) is 0. The first-order valence-corrected chi connectivity index (χ1v) is 4.15. The third-order valence-electron chi connectivity index (χ3n) is 1.90. The van der Waals surface area contributed by atoms with Gasteiger partial charge in [-0.15, -0.1) is 0 Å². The lowest BCUT2D eigenvalue weighted by Crippen LogP contribution is -2.00. The van der Waals surface area contributed by atoms with Crippen LogP contribution in [-0.2, 0) is 6.61 Å². The number of halogens is 2. The summed E-state index contributed by atoms with van der Waals surface area (Å²) in [5, 5.41) is 8.68. The van der Waals surface area contributed by atoms with Crippen LogP contribution in [0.15, 0.2) is 12.1 Å². The van der Waals surface area contributed by atoms with E-state index < -0.39 is 11.6 Å². The second-order valence-corrected chi connectivity index (χ2v) is 3.29. The monoisotopic (exact) mass is 186 g/mol. The Labute approximate surface area is 76.0 Å². The molecule has 72 valence electrons. The molecule has 0 bridgehead atoms. The van der Waals surface area contributed by atoms with Crippen LogP contribution in [0.1, 0.15) is 30.9 Å². The van der Waals surface area contributed by atoms with Gasteiger partial charge in [-0.3, -0.25) is 0 Å². The molecule has 0 atom stereocenters. The summed E-state index contributed by atoms with van der Waals surface area (Å²) in [6, 6.07) is 2.33. The maximum absolute atomic E-state index is 13.2. The molecule has 0 amide bonds. The van der Waals surface area contributed by atoms with Crippen molar-refractivity contribution in [1.82, 2.24) is 0 Å². The fraction of sp³-hybridized carbons (Fsp3) is 0.400. The Morgan fingerprint density at radius 2 is 1.69 bits per heavy atom. The minimum atomic E-state index is -0.584. The quantitative estimate of drug-likeness (QED) is 0.752. The maximum atomic E-state index is 13.2. The zero-order valence-corrected chi connectivity index (χ0v) is 7.64. The molecule has 0 unspecified atom stereocenters. The van der Waals surface area contributed by atoms with Crippen LogP contribution >= 0.6 is 0 Å². The topological polar surface area (TPSA) is 20.2 Å².